The van der Waals surface area contributed by atoms with Crippen LogP contribution in [0.2, 0.25) is 0 Å². The molecule has 1 N–H and O–H groups in total. The Kier molecular flexibility index (Phi) is 7.76. The van der Waals surface area contributed by atoms with Crippen LogP contribution in [0.5, 0.6) is 5.88 Å². The number of rotatable bonds is 9. The van der Waals surface area contributed by atoms with Gasteiger partial charge in [-0.15, -0.1) is 0 Å². The highest BCUT2D eigenvalue weighted by atomic mass is 16.5. The Hall–Kier alpha value is -3.36. The third-order valence-corrected chi connectivity index (χ3v) is 3.91. The van der Waals surface area contributed by atoms with Crippen LogP contribution in [0.1, 0.15) is 63.2 Å². The number of hydrogen-bond donors (Lipinski definition) is 1. The van der Waals surface area contributed by atoms with Crippen LogP contribution in [0.4, 0.5) is 0 Å². The second-order valence-electron chi connectivity index (χ2n) is 5.78. The molecule has 156 valence electrons. The molecule has 0 spiro atoms. The van der Waals surface area contributed by atoms with Gasteiger partial charge in [0.2, 0.25) is 5.88 Å². The molecule has 29 heavy (non-hydrogen) atoms. The molecule has 2 heterocycles. The number of nitrogens with one attached hydrogen (secondary N) is 1. The van der Waals surface area contributed by atoms with E-state index in [-0.39, 0.29) is 48.2 Å². The molecule has 0 aliphatic carbocycles. The van der Waals surface area contributed by atoms with Gasteiger partial charge < -0.3 is 23.9 Å². The largest absolute Gasteiger partial charge is 0.477 e. The Morgan fingerprint density at radius 1 is 0.966 bits per heavy atom. The molecule has 0 amide bonds. The average molecular weight is 404 g/mol. The Bertz CT molecular complexity index is 889. The van der Waals surface area contributed by atoms with Gasteiger partial charge >= 0.3 is 17.9 Å². The van der Waals surface area contributed by atoms with Crippen LogP contribution in [0.25, 0.3) is 0 Å². The summed E-state index contributed by atoms with van der Waals surface area (Å²) in [6, 6.07) is 3.11. The summed E-state index contributed by atoms with van der Waals surface area (Å²) in [5, 5.41) is 0. The lowest BCUT2D eigenvalue weighted by molar-refractivity contribution is 0.0441. The molecule has 0 aromatic carbocycles. The maximum Gasteiger partial charge on any atom is 0.355 e. The van der Waals surface area contributed by atoms with E-state index in [1.54, 1.807) is 33.8 Å². The fourth-order valence-corrected chi connectivity index (χ4v) is 2.67. The standard InChI is InChI=1S/C20H24N2O7/c1-5-26-17-13(9-8-10-21-17)18(23)29-11-14-15(19(24)27-6-2)12(4)16(22-14)20(25)28-7-3/h8-10,22H,5-7,11H2,1-4H3. The molecule has 0 aliphatic rings. The summed E-state index contributed by atoms with van der Waals surface area (Å²) in [6.45, 7) is 7.10. The van der Waals surface area contributed by atoms with Gasteiger partial charge in [0.05, 0.1) is 31.1 Å². The summed E-state index contributed by atoms with van der Waals surface area (Å²) in [4.78, 5) is 43.8. The van der Waals surface area contributed by atoms with Crippen molar-refractivity contribution in [3.8, 4) is 5.88 Å². The van der Waals surface area contributed by atoms with Crippen molar-refractivity contribution in [2.75, 3.05) is 19.8 Å². The number of carbonyl (C=O) groups is 3. The first-order chi connectivity index (χ1) is 13.9. The second kappa shape index (κ2) is 10.3. The summed E-state index contributed by atoms with van der Waals surface area (Å²) in [6.07, 6.45) is 1.50. The lowest BCUT2D eigenvalue weighted by atomic mass is 10.1. The van der Waals surface area contributed by atoms with Crippen molar-refractivity contribution in [2.24, 2.45) is 0 Å². The maximum atomic E-state index is 12.5. The molecule has 2 rings (SSSR count). The van der Waals surface area contributed by atoms with Gasteiger partial charge in [-0.3, -0.25) is 0 Å². The minimum Gasteiger partial charge on any atom is -0.477 e. The van der Waals surface area contributed by atoms with E-state index in [4.69, 9.17) is 18.9 Å². The van der Waals surface area contributed by atoms with Crippen LogP contribution in [0.3, 0.4) is 0 Å². The molecule has 0 bridgehead atoms. The van der Waals surface area contributed by atoms with E-state index < -0.39 is 17.9 Å². The number of aromatic nitrogens is 2. The second-order valence-corrected chi connectivity index (χ2v) is 5.78. The van der Waals surface area contributed by atoms with Crippen molar-refractivity contribution in [2.45, 2.75) is 34.3 Å². The van der Waals surface area contributed by atoms with Gasteiger partial charge in [-0.05, 0) is 45.4 Å². The quantitative estimate of drug-likeness (QED) is 0.501. The molecule has 9 nitrogen and oxygen atoms in total. The van der Waals surface area contributed by atoms with Crippen molar-refractivity contribution in [1.29, 1.82) is 0 Å². The predicted octanol–water partition coefficient (Wildman–Crippen LogP) is 2.83. The van der Waals surface area contributed by atoms with Gasteiger partial charge in [0, 0.05) is 6.20 Å². The molecule has 0 saturated carbocycles. The normalized spacial score (nSPS) is 10.3. The van der Waals surface area contributed by atoms with Gasteiger partial charge in [-0.1, -0.05) is 0 Å². The third kappa shape index (κ3) is 5.13. The van der Waals surface area contributed by atoms with Crippen LogP contribution in [0.15, 0.2) is 18.3 Å². The summed E-state index contributed by atoms with van der Waals surface area (Å²) in [7, 11) is 0. The van der Waals surface area contributed by atoms with Crippen LogP contribution < -0.4 is 4.74 Å². The fraction of sp³-hybridized carbons (Fsp3) is 0.400. The monoisotopic (exact) mass is 404 g/mol. The van der Waals surface area contributed by atoms with Crippen LogP contribution in [-0.4, -0.2) is 47.7 Å². The molecule has 2 aromatic heterocycles. The van der Waals surface area contributed by atoms with Gasteiger partial charge in [0.25, 0.3) is 0 Å². The van der Waals surface area contributed by atoms with E-state index in [1.165, 1.54) is 12.3 Å². The topological polar surface area (TPSA) is 117 Å². The number of carbonyl (C=O) groups excluding carboxylic acids is 3. The van der Waals surface area contributed by atoms with Crippen molar-refractivity contribution in [3.05, 3.63) is 46.4 Å². The van der Waals surface area contributed by atoms with Crippen molar-refractivity contribution >= 4 is 17.9 Å². The maximum absolute atomic E-state index is 12.5. The van der Waals surface area contributed by atoms with E-state index in [9.17, 15) is 14.4 Å². The van der Waals surface area contributed by atoms with Gasteiger partial charge in [0.15, 0.2) is 0 Å². The number of esters is 3. The van der Waals surface area contributed by atoms with Crippen molar-refractivity contribution in [3.63, 3.8) is 0 Å². The first kappa shape index (κ1) is 21.9. The summed E-state index contributed by atoms with van der Waals surface area (Å²) < 4.78 is 20.7. The molecule has 2 aromatic rings. The molecular weight excluding hydrogens is 380 g/mol. The smallest absolute Gasteiger partial charge is 0.355 e. The van der Waals surface area contributed by atoms with Crippen LogP contribution in [0, 0.1) is 6.92 Å². The van der Waals surface area contributed by atoms with E-state index in [0.29, 0.717) is 12.2 Å². The van der Waals surface area contributed by atoms with E-state index in [1.807, 2.05) is 0 Å². The Balaban J connectivity index is 2.29. The molecule has 0 atom stereocenters. The van der Waals surface area contributed by atoms with Gasteiger partial charge in [-0.2, -0.15) is 0 Å². The van der Waals surface area contributed by atoms with Gasteiger partial charge in [0.1, 0.15) is 17.9 Å². The number of pyridine rings is 1. The summed E-state index contributed by atoms with van der Waals surface area (Å²) in [5.41, 5.74) is 1.00. The first-order valence-electron chi connectivity index (χ1n) is 9.25. The minimum absolute atomic E-state index is 0.109. The highest BCUT2D eigenvalue weighted by Crippen LogP contribution is 2.23. The number of nitrogens with zero attached hydrogens (tertiary/aromatic N) is 1. The molecular formula is C20H24N2O7. The lowest BCUT2D eigenvalue weighted by Gasteiger charge is -2.09. The van der Waals surface area contributed by atoms with E-state index >= 15 is 0 Å². The number of aromatic amines is 1. The number of H-pyrrole nitrogens is 1. The highest BCUT2D eigenvalue weighted by Gasteiger charge is 2.26. The Morgan fingerprint density at radius 3 is 2.31 bits per heavy atom. The average Bonchev–Trinajstić information content (AvgIpc) is 3.03. The number of hydrogen-bond acceptors (Lipinski definition) is 8. The zero-order valence-corrected chi connectivity index (χ0v) is 16.9. The SMILES string of the molecule is CCOC(=O)c1[nH]c(COC(=O)c2cccnc2OCC)c(C(=O)OCC)c1C. The van der Waals surface area contributed by atoms with Gasteiger partial charge in [-0.25, -0.2) is 19.4 Å². The summed E-state index contributed by atoms with van der Waals surface area (Å²) in [5.74, 6) is -1.76. The van der Waals surface area contributed by atoms with Crippen LogP contribution >= 0.6 is 0 Å². The Morgan fingerprint density at radius 2 is 1.66 bits per heavy atom. The molecule has 9 heteroatoms. The molecule has 0 saturated heterocycles. The number of ether oxygens (including phenoxy) is 4. The zero-order chi connectivity index (χ0) is 21.4. The highest BCUT2D eigenvalue weighted by molar-refractivity contribution is 5.98. The van der Waals surface area contributed by atoms with Crippen LogP contribution in [-0.2, 0) is 20.8 Å². The van der Waals surface area contributed by atoms with Crippen molar-refractivity contribution < 1.29 is 33.3 Å². The lowest BCUT2D eigenvalue weighted by Crippen LogP contribution is -2.12. The summed E-state index contributed by atoms with van der Waals surface area (Å²) >= 11 is 0. The minimum atomic E-state index is -0.679. The predicted molar refractivity (Wildman–Crippen MR) is 102 cm³/mol. The molecule has 0 aliphatic heterocycles. The fourth-order valence-electron chi connectivity index (χ4n) is 2.67. The molecule has 0 radical (unpaired) electrons. The zero-order valence-electron chi connectivity index (χ0n) is 16.9. The van der Waals surface area contributed by atoms with E-state index in [2.05, 4.69) is 9.97 Å². The van der Waals surface area contributed by atoms with Crippen molar-refractivity contribution in [1.82, 2.24) is 9.97 Å². The molecule has 0 unspecified atom stereocenters. The molecule has 0 fully saturated rings. The van der Waals surface area contributed by atoms with E-state index in [0.717, 1.165) is 0 Å². The Labute approximate surface area is 168 Å². The first-order valence-corrected chi connectivity index (χ1v) is 9.25. The third-order valence-electron chi connectivity index (χ3n) is 3.91.